The fourth-order valence-electron chi connectivity index (χ4n) is 2.78. The average Bonchev–Trinajstić information content (AvgIpc) is 2.89. The van der Waals surface area contributed by atoms with E-state index in [9.17, 15) is 14.7 Å². The minimum atomic E-state index is -0.829. The van der Waals surface area contributed by atoms with Gasteiger partial charge in [0.1, 0.15) is 0 Å². The summed E-state index contributed by atoms with van der Waals surface area (Å²) in [4.78, 5) is 22.7. The summed E-state index contributed by atoms with van der Waals surface area (Å²) in [5.74, 6) is -1.37. The van der Waals surface area contributed by atoms with Crippen molar-refractivity contribution in [3.63, 3.8) is 0 Å². The monoisotopic (exact) mass is 261 g/mol. The van der Waals surface area contributed by atoms with Crippen LogP contribution in [-0.2, 0) is 16.0 Å². The van der Waals surface area contributed by atoms with Gasteiger partial charge in [-0.15, -0.1) is 0 Å². The molecule has 4 N–H and O–H groups in total. The molecule has 3 atom stereocenters. The van der Waals surface area contributed by atoms with Gasteiger partial charge in [0.2, 0.25) is 5.91 Å². The first kappa shape index (κ1) is 12.1. The van der Waals surface area contributed by atoms with Crippen LogP contribution in [0.15, 0.2) is 18.2 Å². The second-order valence-corrected chi connectivity index (χ2v) is 5.06. The second-order valence-electron chi connectivity index (χ2n) is 5.06. The first-order valence-corrected chi connectivity index (χ1v) is 6.23. The van der Waals surface area contributed by atoms with Gasteiger partial charge < -0.3 is 10.4 Å². The van der Waals surface area contributed by atoms with Crippen LogP contribution in [0.3, 0.4) is 0 Å². The van der Waals surface area contributed by atoms with Crippen molar-refractivity contribution in [1.29, 1.82) is 0 Å². The Bertz CT molecular complexity index is 558. The first-order valence-electron chi connectivity index (χ1n) is 6.23. The lowest BCUT2D eigenvalue weighted by atomic mass is 9.89. The number of hydrogen-bond acceptors (Lipinski definition) is 4. The third-order valence-corrected chi connectivity index (χ3v) is 3.76. The molecule has 100 valence electrons. The predicted molar refractivity (Wildman–Crippen MR) is 68.4 cm³/mol. The quantitative estimate of drug-likeness (QED) is 0.619. The van der Waals surface area contributed by atoms with Crippen molar-refractivity contribution in [1.82, 2.24) is 10.9 Å². The van der Waals surface area contributed by atoms with E-state index in [1.807, 2.05) is 25.1 Å². The zero-order chi connectivity index (χ0) is 13.6. The SMILES string of the molecule is CC1NNC(c2ccc3c(c2)CC(=O)N3)C1C(=O)O. The summed E-state index contributed by atoms with van der Waals surface area (Å²) < 4.78 is 0. The van der Waals surface area contributed by atoms with Crippen LogP contribution in [0.2, 0.25) is 0 Å². The molecule has 1 aromatic carbocycles. The maximum atomic E-state index is 11.3. The molecule has 0 spiro atoms. The number of carboxylic acids is 1. The van der Waals surface area contributed by atoms with Gasteiger partial charge in [-0.1, -0.05) is 12.1 Å². The lowest BCUT2D eigenvalue weighted by Gasteiger charge is -2.17. The Morgan fingerprint density at radius 3 is 2.89 bits per heavy atom. The van der Waals surface area contributed by atoms with Crippen LogP contribution >= 0.6 is 0 Å². The molecule has 1 amide bonds. The van der Waals surface area contributed by atoms with E-state index in [0.717, 1.165) is 16.8 Å². The molecule has 6 heteroatoms. The summed E-state index contributed by atoms with van der Waals surface area (Å²) in [5.41, 5.74) is 8.61. The number of hydrogen-bond donors (Lipinski definition) is 4. The molecule has 0 aliphatic carbocycles. The molecule has 0 saturated carbocycles. The number of hydrazine groups is 1. The third kappa shape index (κ3) is 1.98. The minimum Gasteiger partial charge on any atom is -0.481 e. The van der Waals surface area contributed by atoms with Gasteiger partial charge in [-0.25, -0.2) is 5.43 Å². The number of carboxylic acid groups (broad SMARTS) is 1. The number of benzene rings is 1. The Balaban J connectivity index is 1.93. The van der Waals surface area contributed by atoms with Gasteiger partial charge in [0.05, 0.1) is 18.4 Å². The maximum Gasteiger partial charge on any atom is 0.310 e. The van der Waals surface area contributed by atoms with Gasteiger partial charge in [0.15, 0.2) is 0 Å². The lowest BCUT2D eigenvalue weighted by molar-refractivity contribution is -0.142. The maximum absolute atomic E-state index is 11.3. The largest absolute Gasteiger partial charge is 0.481 e. The molecule has 1 fully saturated rings. The van der Waals surface area contributed by atoms with Gasteiger partial charge >= 0.3 is 5.97 Å². The molecular formula is C13H15N3O3. The van der Waals surface area contributed by atoms with Crippen LogP contribution in [0.4, 0.5) is 5.69 Å². The van der Waals surface area contributed by atoms with Gasteiger partial charge in [-0.3, -0.25) is 15.0 Å². The van der Waals surface area contributed by atoms with Gasteiger partial charge in [-0.2, -0.15) is 0 Å². The van der Waals surface area contributed by atoms with E-state index < -0.39 is 11.9 Å². The first-order chi connectivity index (χ1) is 9.06. The molecule has 3 unspecified atom stereocenters. The van der Waals surface area contributed by atoms with Crippen molar-refractivity contribution in [2.24, 2.45) is 5.92 Å². The number of fused-ring (bicyclic) bond motifs is 1. The van der Waals surface area contributed by atoms with E-state index in [2.05, 4.69) is 16.2 Å². The van der Waals surface area contributed by atoms with Gasteiger partial charge in [0, 0.05) is 11.7 Å². The Hall–Kier alpha value is -1.92. The standard InChI is InChI=1S/C13H15N3O3/c1-6-11(13(18)19)12(16-15-6)7-2-3-9-8(4-7)5-10(17)14-9/h2-4,6,11-12,15-16H,5H2,1H3,(H,14,17)(H,18,19). The van der Waals surface area contributed by atoms with Crippen molar-refractivity contribution < 1.29 is 14.7 Å². The Morgan fingerprint density at radius 2 is 2.16 bits per heavy atom. The molecule has 6 nitrogen and oxygen atoms in total. The highest BCUT2D eigenvalue weighted by molar-refractivity contribution is 5.99. The highest BCUT2D eigenvalue weighted by Gasteiger charge is 2.39. The zero-order valence-corrected chi connectivity index (χ0v) is 10.4. The Kier molecular flexibility index (Phi) is 2.76. The van der Waals surface area contributed by atoms with E-state index in [-0.39, 0.29) is 18.0 Å². The fourth-order valence-corrected chi connectivity index (χ4v) is 2.78. The van der Waals surface area contributed by atoms with E-state index in [4.69, 9.17) is 0 Å². The summed E-state index contributed by atoms with van der Waals surface area (Å²) >= 11 is 0. The van der Waals surface area contributed by atoms with Crippen LogP contribution in [-0.4, -0.2) is 23.0 Å². The number of carbonyl (C=O) groups is 2. The average molecular weight is 261 g/mol. The van der Waals surface area contributed by atoms with Crippen molar-refractivity contribution in [3.05, 3.63) is 29.3 Å². The molecule has 3 rings (SSSR count). The highest BCUT2D eigenvalue weighted by atomic mass is 16.4. The van der Waals surface area contributed by atoms with E-state index >= 15 is 0 Å². The molecule has 1 saturated heterocycles. The summed E-state index contributed by atoms with van der Waals surface area (Å²) in [7, 11) is 0. The van der Waals surface area contributed by atoms with Crippen LogP contribution in [0.1, 0.15) is 24.1 Å². The Labute approximate surface area is 110 Å². The van der Waals surface area contributed by atoms with Crippen molar-refractivity contribution in [2.75, 3.05) is 5.32 Å². The number of amides is 1. The number of aliphatic carboxylic acids is 1. The number of nitrogens with one attached hydrogen (secondary N) is 3. The lowest BCUT2D eigenvalue weighted by Crippen LogP contribution is -2.30. The molecule has 0 aromatic heterocycles. The van der Waals surface area contributed by atoms with Crippen molar-refractivity contribution in [3.8, 4) is 0 Å². The smallest absolute Gasteiger partial charge is 0.310 e. The summed E-state index contributed by atoms with van der Waals surface area (Å²) in [6.07, 6.45) is 0.358. The molecule has 2 aliphatic rings. The van der Waals surface area contributed by atoms with E-state index in [1.54, 1.807) is 0 Å². The van der Waals surface area contributed by atoms with Gasteiger partial charge in [0.25, 0.3) is 0 Å². The number of anilines is 1. The Morgan fingerprint density at radius 1 is 1.37 bits per heavy atom. The molecule has 2 heterocycles. The van der Waals surface area contributed by atoms with Crippen molar-refractivity contribution in [2.45, 2.75) is 25.4 Å². The minimum absolute atomic E-state index is 0.0205. The summed E-state index contributed by atoms with van der Waals surface area (Å²) in [6, 6.07) is 5.17. The van der Waals surface area contributed by atoms with E-state index in [0.29, 0.717) is 6.42 Å². The zero-order valence-electron chi connectivity index (χ0n) is 10.4. The third-order valence-electron chi connectivity index (χ3n) is 3.76. The van der Waals surface area contributed by atoms with Crippen LogP contribution < -0.4 is 16.2 Å². The van der Waals surface area contributed by atoms with Crippen LogP contribution in [0.5, 0.6) is 0 Å². The fraction of sp³-hybridized carbons (Fsp3) is 0.385. The molecule has 1 aromatic rings. The van der Waals surface area contributed by atoms with Crippen molar-refractivity contribution >= 4 is 17.6 Å². The molecule has 19 heavy (non-hydrogen) atoms. The predicted octanol–water partition coefficient (Wildman–Crippen LogP) is 0.419. The molecule has 0 radical (unpaired) electrons. The van der Waals surface area contributed by atoms with Crippen LogP contribution in [0.25, 0.3) is 0 Å². The number of rotatable bonds is 2. The van der Waals surface area contributed by atoms with E-state index in [1.165, 1.54) is 0 Å². The highest BCUT2D eigenvalue weighted by Crippen LogP contribution is 2.32. The molecular weight excluding hydrogens is 246 g/mol. The normalized spacial score (nSPS) is 29.1. The summed E-state index contributed by atoms with van der Waals surface area (Å²) in [6.45, 7) is 1.84. The van der Waals surface area contributed by atoms with Gasteiger partial charge in [-0.05, 0) is 24.1 Å². The molecule has 0 bridgehead atoms. The number of carbonyl (C=O) groups excluding carboxylic acids is 1. The topological polar surface area (TPSA) is 90.5 Å². The second kappa shape index (κ2) is 4.32. The van der Waals surface area contributed by atoms with Crippen LogP contribution in [0, 0.1) is 5.92 Å². The summed E-state index contributed by atoms with van der Waals surface area (Å²) in [5, 5.41) is 12.1. The molecule has 2 aliphatic heterocycles.